The lowest BCUT2D eigenvalue weighted by Gasteiger charge is -2.38. The zero-order valence-electron chi connectivity index (χ0n) is 18.4. The average molecular weight is 408 g/mol. The summed E-state index contributed by atoms with van der Waals surface area (Å²) in [4.78, 5) is 24.6. The molecule has 1 atom stereocenters. The maximum absolute atomic E-state index is 13.2. The van der Waals surface area contributed by atoms with Gasteiger partial charge in [0.25, 0.3) is 0 Å². The number of aryl methyl sites for hydroxylation is 2. The molecule has 0 fully saturated rings. The van der Waals surface area contributed by atoms with E-state index < -0.39 is 5.92 Å². The maximum Gasteiger partial charge on any atom is 0.302 e. The second-order valence-electron chi connectivity index (χ2n) is 9.01. The molecule has 1 aromatic rings. The van der Waals surface area contributed by atoms with Crippen LogP contribution in [-0.4, -0.2) is 11.8 Å². The minimum Gasteiger partial charge on any atom is -0.461 e. The van der Waals surface area contributed by atoms with Crippen molar-refractivity contribution in [2.45, 2.75) is 66.9 Å². The number of carbonyl (C=O) groups excluding carboxylic acids is 2. The fourth-order valence-electron chi connectivity index (χ4n) is 4.66. The Balaban J connectivity index is 2.25. The molecule has 2 aliphatic rings. The van der Waals surface area contributed by atoms with E-state index in [1.165, 1.54) is 6.92 Å². The average Bonchev–Trinajstić information content (AvgIpc) is 2.59. The summed E-state index contributed by atoms with van der Waals surface area (Å²) >= 11 is 0. The number of ether oxygens (including phenoxy) is 2. The fourth-order valence-corrected chi connectivity index (χ4v) is 4.66. The van der Waals surface area contributed by atoms with Crippen LogP contribution in [0.25, 0.3) is 0 Å². The van der Waals surface area contributed by atoms with E-state index in [1.807, 2.05) is 40.7 Å². The molecule has 3 rings (SSSR count). The summed E-state index contributed by atoms with van der Waals surface area (Å²) in [6, 6.07) is 4.17. The first-order valence-electron chi connectivity index (χ1n) is 10.0. The Bertz CT molecular complexity index is 1050. The Hall–Kier alpha value is -3.07. The number of nitrogens with two attached hydrogens (primary N) is 1. The van der Waals surface area contributed by atoms with Crippen molar-refractivity contribution >= 4 is 11.8 Å². The largest absolute Gasteiger partial charge is 0.461 e. The van der Waals surface area contributed by atoms with Crippen molar-refractivity contribution in [3.8, 4) is 6.07 Å². The molecule has 0 bridgehead atoms. The van der Waals surface area contributed by atoms with Crippen molar-refractivity contribution in [1.29, 1.82) is 5.26 Å². The van der Waals surface area contributed by atoms with Crippen LogP contribution in [0, 0.1) is 37.5 Å². The number of carbonyl (C=O) groups is 2. The molecule has 6 nitrogen and oxygen atoms in total. The standard InChI is InChI=1S/C24H28N2O4/c1-12-7-13(2)20(14(3)17(12)11-29-15(4)27)21-16(10-25)23(26)30-19-9-24(5,6)8-18(28)22(19)21/h7,21H,8-9,11,26H2,1-6H3/t21-/m0/s1. The molecule has 158 valence electrons. The molecule has 0 amide bonds. The van der Waals surface area contributed by atoms with Gasteiger partial charge < -0.3 is 15.2 Å². The van der Waals surface area contributed by atoms with Gasteiger partial charge in [0.2, 0.25) is 5.88 Å². The zero-order chi connectivity index (χ0) is 22.4. The van der Waals surface area contributed by atoms with Gasteiger partial charge in [-0.25, -0.2) is 0 Å². The van der Waals surface area contributed by atoms with Gasteiger partial charge in [0.1, 0.15) is 24.0 Å². The van der Waals surface area contributed by atoms with Gasteiger partial charge in [0.15, 0.2) is 5.78 Å². The third-order valence-corrected chi connectivity index (χ3v) is 5.97. The van der Waals surface area contributed by atoms with Crippen molar-refractivity contribution in [3.05, 3.63) is 56.7 Å². The molecular weight excluding hydrogens is 380 g/mol. The minimum absolute atomic E-state index is 0.0209. The first-order chi connectivity index (χ1) is 14.0. The van der Waals surface area contributed by atoms with Crippen LogP contribution in [-0.2, 0) is 25.7 Å². The highest BCUT2D eigenvalue weighted by Crippen LogP contribution is 2.49. The Kier molecular flexibility index (Phi) is 5.51. The smallest absolute Gasteiger partial charge is 0.302 e. The molecule has 0 saturated carbocycles. The number of nitrogens with zero attached hydrogens (tertiary/aromatic N) is 1. The minimum atomic E-state index is -0.584. The Morgan fingerprint density at radius 1 is 1.30 bits per heavy atom. The first-order valence-corrected chi connectivity index (χ1v) is 10.0. The van der Waals surface area contributed by atoms with E-state index in [0.717, 1.165) is 27.8 Å². The van der Waals surface area contributed by atoms with Crippen molar-refractivity contribution in [2.75, 3.05) is 0 Å². The van der Waals surface area contributed by atoms with Gasteiger partial charge in [-0.3, -0.25) is 9.59 Å². The highest BCUT2D eigenvalue weighted by Gasteiger charge is 2.44. The fraction of sp³-hybridized carbons (Fsp3) is 0.458. The van der Waals surface area contributed by atoms with E-state index in [2.05, 4.69) is 6.07 Å². The van der Waals surface area contributed by atoms with Gasteiger partial charge >= 0.3 is 5.97 Å². The van der Waals surface area contributed by atoms with Crippen LogP contribution in [0.5, 0.6) is 0 Å². The molecule has 0 radical (unpaired) electrons. The van der Waals surface area contributed by atoms with Gasteiger partial charge in [0.05, 0.1) is 5.92 Å². The van der Waals surface area contributed by atoms with Crippen LogP contribution in [0.15, 0.2) is 28.9 Å². The predicted octanol–water partition coefficient (Wildman–Crippen LogP) is 4.13. The second-order valence-corrected chi connectivity index (χ2v) is 9.01. The summed E-state index contributed by atoms with van der Waals surface area (Å²) in [6.07, 6.45) is 0.961. The molecule has 1 heterocycles. The molecule has 0 unspecified atom stereocenters. The number of benzene rings is 1. The molecule has 1 aromatic carbocycles. The SMILES string of the molecule is CC(=O)OCc1c(C)cc(C)c([C@@H]2C(C#N)=C(N)OC3=C2C(=O)CC(C)(C)C3)c1C. The van der Waals surface area contributed by atoms with Crippen LogP contribution < -0.4 is 5.73 Å². The van der Waals surface area contributed by atoms with E-state index in [-0.39, 0.29) is 35.2 Å². The van der Waals surface area contributed by atoms with Crippen molar-refractivity contribution in [3.63, 3.8) is 0 Å². The molecule has 0 saturated heterocycles. The second kappa shape index (κ2) is 7.64. The van der Waals surface area contributed by atoms with Crippen molar-refractivity contribution in [1.82, 2.24) is 0 Å². The van der Waals surface area contributed by atoms with Crippen LogP contribution in [0.4, 0.5) is 0 Å². The highest BCUT2D eigenvalue weighted by molar-refractivity contribution is 6.00. The molecular formula is C24H28N2O4. The number of rotatable bonds is 3. The number of hydrogen-bond acceptors (Lipinski definition) is 6. The quantitative estimate of drug-likeness (QED) is 0.755. The number of nitriles is 1. The van der Waals surface area contributed by atoms with E-state index in [0.29, 0.717) is 24.2 Å². The summed E-state index contributed by atoms with van der Waals surface area (Å²) in [6.45, 7) is 11.4. The molecule has 1 aliphatic carbocycles. The summed E-state index contributed by atoms with van der Waals surface area (Å²) in [5.74, 6) is -0.365. The number of ketones is 1. The Labute approximate surface area is 177 Å². The first kappa shape index (κ1) is 21.6. The monoisotopic (exact) mass is 408 g/mol. The lowest BCUT2D eigenvalue weighted by atomic mass is 9.69. The normalized spacial score (nSPS) is 20.4. The highest BCUT2D eigenvalue weighted by atomic mass is 16.5. The van der Waals surface area contributed by atoms with Crippen molar-refractivity contribution < 1.29 is 19.1 Å². The summed E-state index contributed by atoms with van der Waals surface area (Å²) < 4.78 is 11.0. The van der Waals surface area contributed by atoms with Gasteiger partial charge in [0, 0.05) is 25.3 Å². The molecule has 1 aliphatic heterocycles. The van der Waals surface area contributed by atoms with E-state index in [1.54, 1.807) is 0 Å². The predicted molar refractivity (Wildman–Crippen MR) is 112 cm³/mol. The van der Waals surface area contributed by atoms with Crippen LogP contribution >= 0.6 is 0 Å². The Morgan fingerprint density at radius 3 is 2.57 bits per heavy atom. The summed E-state index contributed by atoms with van der Waals surface area (Å²) in [5, 5.41) is 9.88. The van der Waals surface area contributed by atoms with Crippen LogP contribution in [0.1, 0.15) is 67.3 Å². The van der Waals surface area contributed by atoms with E-state index in [9.17, 15) is 14.9 Å². The molecule has 0 spiro atoms. The third-order valence-electron chi connectivity index (χ3n) is 5.97. The molecule has 2 N–H and O–H groups in total. The summed E-state index contributed by atoms with van der Waals surface area (Å²) in [5.41, 5.74) is 11.2. The van der Waals surface area contributed by atoms with Gasteiger partial charge in [-0.15, -0.1) is 0 Å². The number of allylic oxidation sites excluding steroid dienone is 3. The number of hydrogen-bond donors (Lipinski definition) is 1. The van der Waals surface area contributed by atoms with Crippen LogP contribution in [0.3, 0.4) is 0 Å². The molecule has 0 aromatic heterocycles. The lowest BCUT2D eigenvalue weighted by molar-refractivity contribution is -0.142. The van der Waals surface area contributed by atoms with Gasteiger partial charge in [-0.2, -0.15) is 5.26 Å². The summed E-state index contributed by atoms with van der Waals surface area (Å²) in [7, 11) is 0. The molecule has 6 heteroatoms. The zero-order valence-corrected chi connectivity index (χ0v) is 18.4. The van der Waals surface area contributed by atoms with Gasteiger partial charge in [-0.05, 0) is 54.0 Å². The Morgan fingerprint density at radius 2 is 1.97 bits per heavy atom. The van der Waals surface area contributed by atoms with Crippen LogP contribution in [0.2, 0.25) is 0 Å². The van der Waals surface area contributed by atoms with Crippen molar-refractivity contribution in [2.24, 2.45) is 11.1 Å². The maximum atomic E-state index is 13.2. The van der Waals surface area contributed by atoms with Gasteiger partial charge in [-0.1, -0.05) is 19.9 Å². The lowest BCUT2D eigenvalue weighted by Crippen LogP contribution is -2.34. The third kappa shape index (κ3) is 3.72. The van der Waals surface area contributed by atoms with E-state index in [4.69, 9.17) is 15.2 Å². The topological polar surface area (TPSA) is 102 Å². The van der Waals surface area contributed by atoms with E-state index >= 15 is 0 Å². The number of esters is 1. The molecule has 30 heavy (non-hydrogen) atoms. The number of Topliss-reactive ketones (excluding diaryl/α,β-unsaturated/α-hetero) is 1.